The van der Waals surface area contributed by atoms with Crippen molar-refractivity contribution in [1.29, 1.82) is 0 Å². The summed E-state index contributed by atoms with van der Waals surface area (Å²) in [5.41, 5.74) is 2.26. The fourth-order valence-corrected chi connectivity index (χ4v) is 4.30. The van der Waals surface area contributed by atoms with Gasteiger partial charge >= 0.3 is 0 Å². The molecule has 37 heavy (non-hydrogen) atoms. The molecule has 0 aliphatic carbocycles. The van der Waals surface area contributed by atoms with E-state index < -0.39 is 0 Å². The Morgan fingerprint density at radius 1 is 1.08 bits per heavy atom. The van der Waals surface area contributed by atoms with Crippen LogP contribution in [0.5, 0.6) is 17.2 Å². The fraction of sp³-hybridized carbons (Fsp3) is 0.517. The number of carbonyl (C=O) groups is 2. The fourth-order valence-electron chi connectivity index (χ4n) is 4.30. The van der Waals surface area contributed by atoms with Gasteiger partial charge in [0.05, 0.1) is 27.4 Å². The quantitative estimate of drug-likeness (QED) is 0.553. The van der Waals surface area contributed by atoms with Crippen LogP contribution in [0.15, 0.2) is 36.4 Å². The maximum Gasteiger partial charge on any atom is 0.252 e. The molecule has 1 aliphatic heterocycles. The third-order valence-electron chi connectivity index (χ3n) is 6.45. The lowest BCUT2D eigenvalue weighted by Crippen LogP contribution is -2.38. The summed E-state index contributed by atoms with van der Waals surface area (Å²) >= 11 is 0. The maximum absolute atomic E-state index is 13.4. The summed E-state index contributed by atoms with van der Waals surface area (Å²) in [5.74, 6) is 2.28. The van der Waals surface area contributed by atoms with Gasteiger partial charge in [-0.05, 0) is 68.0 Å². The molecule has 1 aliphatic rings. The number of rotatable bonds is 8. The monoisotopic (exact) mass is 511 g/mol. The Balaban J connectivity index is 1.85. The van der Waals surface area contributed by atoms with Crippen LogP contribution in [0.4, 0.5) is 0 Å². The highest BCUT2D eigenvalue weighted by molar-refractivity contribution is 5.96. The van der Waals surface area contributed by atoms with Gasteiger partial charge < -0.3 is 24.8 Å². The molecule has 3 rings (SSSR count). The van der Waals surface area contributed by atoms with Crippen LogP contribution >= 0.6 is 0 Å². The molecule has 0 fully saturated rings. The van der Waals surface area contributed by atoms with Crippen molar-refractivity contribution in [2.24, 2.45) is 5.92 Å². The molecule has 2 N–H and O–H groups in total. The highest BCUT2D eigenvalue weighted by Crippen LogP contribution is 2.28. The summed E-state index contributed by atoms with van der Waals surface area (Å²) in [7, 11) is 3.18. The number of ether oxygens (including phenoxy) is 3. The molecule has 0 atom stereocenters. The van der Waals surface area contributed by atoms with Gasteiger partial charge in [-0.2, -0.15) is 0 Å². The highest BCUT2D eigenvalue weighted by Gasteiger charge is 2.21. The molecular formula is C29H41N3O5. The van der Waals surface area contributed by atoms with Gasteiger partial charge in [-0.1, -0.05) is 26.0 Å². The molecule has 0 spiro atoms. The van der Waals surface area contributed by atoms with Gasteiger partial charge in [0, 0.05) is 30.8 Å². The number of carbonyl (C=O) groups excluding carboxylic acids is 2. The first kappa shape index (κ1) is 28.3. The number of hydrogen-bond donors (Lipinski definition) is 2. The van der Waals surface area contributed by atoms with E-state index in [-0.39, 0.29) is 18.4 Å². The van der Waals surface area contributed by atoms with Crippen molar-refractivity contribution in [1.82, 2.24) is 15.5 Å². The number of nitrogens with one attached hydrogen (secondary N) is 2. The number of nitrogens with zero attached hydrogens (tertiary/aromatic N) is 1. The van der Waals surface area contributed by atoms with Crippen LogP contribution in [0.25, 0.3) is 0 Å². The zero-order valence-electron chi connectivity index (χ0n) is 22.6. The zero-order chi connectivity index (χ0) is 26.6. The average Bonchev–Trinajstić information content (AvgIpc) is 2.91. The van der Waals surface area contributed by atoms with Crippen LogP contribution in [0.2, 0.25) is 0 Å². The lowest BCUT2D eigenvalue weighted by molar-refractivity contribution is -0.122. The van der Waals surface area contributed by atoms with Crippen molar-refractivity contribution in [3.63, 3.8) is 0 Å². The first-order valence-electron chi connectivity index (χ1n) is 13.1. The van der Waals surface area contributed by atoms with E-state index in [1.165, 1.54) is 0 Å². The predicted octanol–water partition coefficient (Wildman–Crippen LogP) is 4.16. The summed E-state index contributed by atoms with van der Waals surface area (Å²) in [6.07, 6.45) is 3.74. The average molecular weight is 512 g/mol. The van der Waals surface area contributed by atoms with Crippen molar-refractivity contribution in [3.05, 3.63) is 53.1 Å². The molecule has 8 heteroatoms. The second-order valence-corrected chi connectivity index (χ2v) is 9.81. The number of methoxy groups -OCH3 is 2. The van der Waals surface area contributed by atoms with Gasteiger partial charge in [0.1, 0.15) is 5.75 Å². The number of fused-ring (bicyclic) bond motifs is 1. The Hall–Kier alpha value is -3.26. The molecule has 2 aromatic rings. The molecule has 0 bridgehead atoms. The van der Waals surface area contributed by atoms with E-state index in [0.717, 1.165) is 43.4 Å². The smallest absolute Gasteiger partial charge is 0.252 e. The third kappa shape index (κ3) is 8.67. The topological polar surface area (TPSA) is 89.1 Å². The molecule has 2 amide bonds. The van der Waals surface area contributed by atoms with E-state index in [1.54, 1.807) is 14.2 Å². The van der Waals surface area contributed by atoms with Gasteiger partial charge in [-0.25, -0.2) is 0 Å². The molecular weight excluding hydrogens is 470 g/mol. The minimum Gasteiger partial charge on any atom is -0.493 e. The standard InChI is InChI=1S/C29H41N3O5/c1-21(2)13-15-32-19-24-23(29(34)31-18-22-11-12-26(35-3)27(17-22)36-4)9-8-10-25(24)37-16-7-5-6-14-30-28(33)20-32/h8-12,17,21H,5-7,13-16,18-20H2,1-4H3,(H,30,33)(H,31,34). The molecule has 1 heterocycles. The van der Waals surface area contributed by atoms with E-state index in [9.17, 15) is 9.59 Å². The Morgan fingerprint density at radius 2 is 1.89 bits per heavy atom. The Morgan fingerprint density at radius 3 is 2.65 bits per heavy atom. The largest absolute Gasteiger partial charge is 0.493 e. The lowest BCUT2D eigenvalue weighted by atomic mass is 10.0. The minimum atomic E-state index is -0.187. The molecule has 2 aromatic carbocycles. The van der Waals surface area contributed by atoms with Crippen molar-refractivity contribution in [2.45, 2.75) is 52.6 Å². The number of benzene rings is 2. The SMILES string of the molecule is COc1ccc(CNC(=O)c2cccc3c2CN(CCC(C)C)CC(=O)NCCCCCO3)cc1OC. The molecule has 8 nitrogen and oxygen atoms in total. The summed E-state index contributed by atoms with van der Waals surface area (Å²) in [5, 5.41) is 6.07. The second kappa shape index (κ2) is 14.5. The molecule has 0 unspecified atom stereocenters. The van der Waals surface area contributed by atoms with Crippen LogP contribution in [0.3, 0.4) is 0 Å². The van der Waals surface area contributed by atoms with Crippen molar-refractivity contribution >= 4 is 11.8 Å². The van der Waals surface area contributed by atoms with Crippen LogP contribution in [0, 0.1) is 5.92 Å². The Bertz CT molecular complexity index is 1040. The number of amides is 2. The maximum atomic E-state index is 13.4. The number of hydrogen-bond acceptors (Lipinski definition) is 6. The molecule has 0 radical (unpaired) electrons. The summed E-state index contributed by atoms with van der Waals surface area (Å²) in [4.78, 5) is 28.2. The van der Waals surface area contributed by atoms with Gasteiger partial charge in [-0.15, -0.1) is 0 Å². The Labute approximate surface area is 220 Å². The third-order valence-corrected chi connectivity index (χ3v) is 6.45. The zero-order valence-corrected chi connectivity index (χ0v) is 22.6. The molecule has 0 saturated carbocycles. The van der Waals surface area contributed by atoms with Crippen molar-refractivity contribution in [2.75, 3.05) is 40.5 Å². The van der Waals surface area contributed by atoms with Crippen molar-refractivity contribution in [3.8, 4) is 17.2 Å². The second-order valence-electron chi connectivity index (χ2n) is 9.81. The van der Waals surface area contributed by atoms with Crippen LogP contribution in [0.1, 0.15) is 61.0 Å². The van der Waals surface area contributed by atoms with Gasteiger partial charge in [0.15, 0.2) is 11.5 Å². The predicted molar refractivity (Wildman–Crippen MR) is 144 cm³/mol. The van der Waals surface area contributed by atoms with Gasteiger partial charge in [0.2, 0.25) is 5.91 Å². The van der Waals surface area contributed by atoms with Gasteiger partial charge in [-0.3, -0.25) is 14.5 Å². The van der Waals surface area contributed by atoms with Crippen molar-refractivity contribution < 1.29 is 23.8 Å². The lowest BCUT2D eigenvalue weighted by Gasteiger charge is -2.25. The normalized spacial score (nSPS) is 15.3. The van der Waals surface area contributed by atoms with E-state index in [4.69, 9.17) is 14.2 Å². The van der Waals surface area contributed by atoms with Crippen LogP contribution in [-0.4, -0.2) is 57.2 Å². The van der Waals surface area contributed by atoms with Gasteiger partial charge in [0.25, 0.3) is 5.91 Å². The van der Waals surface area contributed by atoms with E-state index in [0.29, 0.717) is 55.0 Å². The highest BCUT2D eigenvalue weighted by atomic mass is 16.5. The van der Waals surface area contributed by atoms with Crippen LogP contribution in [-0.2, 0) is 17.9 Å². The van der Waals surface area contributed by atoms with E-state index >= 15 is 0 Å². The Kier molecular flexibility index (Phi) is 11.1. The molecule has 202 valence electrons. The first-order valence-corrected chi connectivity index (χ1v) is 13.1. The molecule has 0 saturated heterocycles. The first-order chi connectivity index (χ1) is 17.9. The summed E-state index contributed by atoms with van der Waals surface area (Å²) in [6.45, 7) is 7.42. The molecule has 0 aromatic heterocycles. The summed E-state index contributed by atoms with van der Waals surface area (Å²) < 4.78 is 16.9. The van der Waals surface area contributed by atoms with E-state index in [2.05, 4.69) is 29.4 Å². The van der Waals surface area contributed by atoms with Crippen LogP contribution < -0.4 is 24.8 Å². The minimum absolute atomic E-state index is 0.0147. The summed E-state index contributed by atoms with van der Waals surface area (Å²) in [6, 6.07) is 11.2. The van der Waals surface area contributed by atoms with E-state index in [1.807, 2.05) is 36.4 Å².